The van der Waals surface area contributed by atoms with Crippen LogP contribution in [-0.2, 0) is 28.6 Å². The molecule has 1 fully saturated rings. The average molecular weight is 290 g/mol. The van der Waals surface area contributed by atoms with Crippen LogP contribution in [0.15, 0.2) is 0 Å². The van der Waals surface area contributed by atoms with Crippen molar-refractivity contribution >= 4 is 17.9 Å². The minimum Gasteiger partial charge on any atom is -0.466 e. The summed E-state index contributed by atoms with van der Waals surface area (Å²) in [6.45, 7) is 2.22. The molecule has 8 nitrogen and oxygen atoms in total. The number of esters is 3. The van der Waals surface area contributed by atoms with Crippen LogP contribution in [0.25, 0.3) is 0 Å². The zero-order chi connectivity index (χ0) is 15.5. The number of carbonyl (C=O) groups excluding carboxylic acids is 3. The predicted octanol–water partition coefficient (Wildman–Crippen LogP) is -1.09. The van der Waals surface area contributed by atoms with E-state index in [0.717, 1.165) is 21.0 Å². The zero-order valence-electron chi connectivity index (χ0n) is 11.5. The normalized spacial score (nSPS) is 33.1. The van der Waals surface area contributed by atoms with Crippen LogP contribution in [0.4, 0.5) is 0 Å². The van der Waals surface area contributed by atoms with Gasteiger partial charge in [0.15, 0.2) is 0 Å². The Kier molecular flexibility index (Phi) is 5.07. The van der Waals surface area contributed by atoms with Gasteiger partial charge in [-0.3, -0.25) is 9.59 Å². The molecule has 1 saturated carbocycles. The van der Waals surface area contributed by atoms with Crippen LogP contribution >= 0.6 is 0 Å². The van der Waals surface area contributed by atoms with Crippen molar-refractivity contribution in [2.24, 2.45) is 0 Å². The molecular weight excluding hydrogens is 272 g/mol. The van der Waals surface area contributed by atoms with Gasteiger partial charge in [-0.25, -0.2) is 4.79 Å². The van der Waals surface area contributed by atoms with Crippen LogP contribution in [0.5, 0.6) is 0 Å². The van der Waals surface area contributed by atoms with Gasteiger partial charge in [0.2, 0.25) is 5.60 Å². The summed E-state index contributed by atoms with van der Waals surface area (Å²) in [6.07, 6.45) is -4.55. The van der Waals surface area contributed by atoms with Crippen molar-refractivity contribution in [3.05, 3.63) is 0 Å². The fraction of sp³-hybridized carbons (Fsp3) is 0.750. The Hall–Kier alpha value is -1.67. The van der Waals surface area contributed by atoms with E-state index in [1.54, 1.807) is 0 Å². The molecule has 0 aromatic carbocycles. The number of aliphatic hydroxyl groups is 2. The summed E-state index contributed by atoms with van der Waals surface area (Å²) in [5.74, 6) is -2.32. The minimum atomic E-state index is -1.78. The number of hydrogen-bond acceptors (Lipinski definition) is 8. The molecule has 114 valence electrons. The van der Waals surface area contributed by atoms with E-state index in [9.17, 15) is 24.6 Å². The fourth-order valence-corrected chi connectivity index (χ4v) is 2.31. The Morgan fingerprint density at radius 3 is 2.15 bits per heavy atom. The Bertz CT molecular complexity index is 406. The molecule has 0 amide bonds. The third-order valence-electron chi connectivity index (χ3n) is 3.06. The summed E-state index contributed by atoms with van der Waals surface area (Å²) in [5, 5.41) is 19.6. The molecule has 2 N–H and O–H groups in total. The van der Waals surface area contributed by atoms with E-state index in [4.69, 9.17) is 9.47 Å². The van der Waals surface area contributed by atoms with Gasteiger partial charge < -0.3 is 24.4 Å². The lowest BCUT2D eigenvalue weighted by Crippen LogP contribution is -2.59. The first-order valence-electron chi connectivity index (χ1n) is 6.03. The molecule has 0 unspecified atom stereocenters. The van der Waals surface area contributed by atoms with E-state index in [1.807, 2.05) is 0 Å². The Morgan fingerprint density at radius 1 is 1.10 bits per heavy atom. The first-order valence-corrected chi connectivity index (χ1v) is 6.03. The molecule has 1 aliphatic carbocycles. The largest absolute Gasteiger partial charge is 0.466 e. The van der Waals surface area contributed by atoms with E-state index in [2.05, 4.69) is 4.74 Å². The molecule has 0 heterocycles. The smallest absolute Gasteiger partial charge is 0.350 e. The molecule has 0 spiro atoms. The van der Waals surface area contributed by atoms with E-state index >= 15 is 0 Å². The number of ether oxygens (including phenoxy) is 3. The highest BCUT2D eigenvalue weighted by Crippen LogP contribution is 2.35. The van der Waals surface area contributed by atoms with Crippen molar-refractivity contribution in [1.29, 1.82) is 0 Å². The molecule has 0 bridgehead atoms. The molecule has 0 radical (unpaired) electrons. The van der Waals surface area contributed by atoms with Gasteiger partial charge in [0.1, 0.15) is 12.2 Å². The van der Waals surface area contributed by atoms with Gasteiger partial charge >= 0.3 is 17.9 Å². The fourth-order valence-electron chi connectivity index (χ4n) is 2.31. The summed E-state index contributed by atoms with van der Waals surface area (Å²) in [6, 6.07) is 0. The number of carbonyl (C=O) groups is 3. The standard InChI is InChI=1S/C12H18O8/c1-6(13)19-9-5-12(11(17)18-3,20-7(2)14)4-8(15)10(9)16/h8-10,15-16H,4-5H2,1-3H3/t8-,9-,10-,12+/m1/s1. The number of methoxy groups -OCH3 is 1. The molecule has 1 rings (SSSR count). The lowest BCUT2D eigenvalue weighted by atomic mass is 9.79. The van der Waals surface area contributed by atoms with Crippen LogP contribution in [0, 0.1) is 0 Å². The highest BCUT2D eigenvalue weighted by molar-refractivity contribution is 5.83. The van der Waals surface area contributed by atoms with E-state index in [1.165, 1.54) is 0 Å². The maximum atomic E-state index is 11.9. The molecule has 0 aromatic rings. The second-order valence-electron chi connectivity index (χ2n) is 4.69. The molecule has 0 saturated heterocycles. The summed E-state index contributed by atoms with van der Waals surface area (Å²) >= 11 is 0. The van der Waals surface area contributed by atoms with E-state index in [0.29, 0.717) is 0 Å². The lowest BCUT2D eigenvalue weighted by Gasteiger charge is -2.41. The topological polar surface area (TPSA) is 119 Å². The molecule has 1 aliphatic rings. The highest BCUT2D eigenvalue weighted by atomic mass is 16.6. The van der Waals surface area contributed by atoms with Crippen molar-refractivity contribution in [3.63, 3.8) is 0 Å². The van der Waals surface area contributed by atoms with Crippen molar-refractivity contribution in [2.75, 3.05) is 7.11 Å². The van der Waals surface area contributed by atoms with Crippen molar-refractivity contribution in [3.8, 4) is 0 Å². The van der Waals surface area contributed by atoms with Crippen LogP contribution in [0.3, 0.4) is 0 Å². The second kappa shape index (κ2) is 6.19. The second-order valence-corrected chi connectivity index (χ2v) is 4.69. The molecule has 0 aliphatic heterocycles. The Morgan fingerprint density at radius 2 is 1.70 bits per heavy atom. The predicted molar refractivity (Wildman–Crippen MR) is 63.3 cm³/mol. The molecule has 8 heteroatoms. The minimum absolute atomic E-state index is 0.281. The van der Waals surface area contributed by atoms with Crippen LogP contribution in [0.1, 0.15) is 26.7 Å². The van der Waals surface area contributed by atoms with Crippen LogP contribution in [-0.4, -0.2) is 59.1 Å². The van der Waals surface area contributed by atoms with E-state index in [-0.39, 0.29) is 12.8 Å². The summed E-state index contributed by atoms with van der Waals surface area (Å²) in [5.41, 5.74) is -1.78. The molecule has 0 aromatic heterocycles. The molecular formula is C12H18O8. The first-order chi connectivity index (χ1) is 9.21. The Balaban J connectivity index is 3.07. The molecule has 4 atom stereocenters. The van der Waals surface area contributed by atoms with E-state index < -0.39 is 41.8 Å². The van der Waals surface area contributed by atoms with Gasteiger partial charge in [0, 0.05) is 26.7 Å². The maximum absolute atomic E-state index is 11.9. The third kappa shape index (κ3) is 3.45. The Labute approximate surface area is 115 Å². The zero-order valence-corrected chi connectivity index (χ0v) is 11.5. The summed E-state index contributed by atoms with van der Waals surface area (Å²) in [4.78, 5) is 34.0. The highest BCUT2D eigenvalue weighted by Gasteiger charge is 2.54. The average Bonchev–Trinajstić information content (AvgIpc) is 2.32. The van der Waals surface area contributed by atoms with Gasteiger partial charge in [-0.05, 0) is 0 Å². The maximum Gasteiger partial charge on any atom is 0.350 e. The van der Waals surface area contributed by atoms with Crippen LogP contribution < -0.4 is 0 Å². The third-order valence-corrected chi connectivity index (χ3v) is 3.06. The number of rotatable bonds is 3. The van der Waals surface area contributed by atoms with Crippen LogP contribution in [0.2, 0.25) is 0 Å². The first kappa shape index (κ1) is 16.4. The summed E-state index contributed by atoms with van der Waals surface area (Å²) in [7, 11) is 1.10. The van der Waals surface area contributed by atoms with Gasteiger partial charge in [-0.15, -0.1) is 0 Å². The lowest BCUT2D eigenvalue weighted by molar-refractivity contribution is -0.210. The number of hydrogen-bond donors (Lipinski definition) is 2. The SMILES string of the molecule is COC(=O)[C@]1(OC(C)=O)C[C@@H](O)[C@@H](O)[C@H](OC(C)=O)C1. The van der Waals surface area contributed by atoms with Gasteiger partial charge in [-0.2, -0.15) is 0 Å². The van der Waals surface area contributed by atoms with Crippen molar-refractivity contribution < 1.29 is 38.8 Å². The van der Waals surface area contributed by atoms with Crippen molar-refractivity contribution in [2.45, 2.75) is 50.6 Å². The monoisotopic (exact) mass is 290 g/mol. The van der Waals surface area contributed by atoms with Gasteiger partial charge in [0.05, 0.1) is 13.2 Å². The summed E-state index contributed by atoms with van der Waals surface area (Å²) < 4.78 is 14.4. The van der Waals surface area contributed by atoms with Gasteiger partial charge in [0.25, 0.3) is 0 Å². The quantitative estimate of drug-likeness (QED) is 0.497. The molecule has 20 heavy (non-hydrogen) atoms. The number of aliphatic hydroxyl groups excluding tert-OH is 2. The van der Waals surface area contributed by atoms with Gasteiger partial charge in [-0.1, -0.05) is 0 Å². The van der Waals surface area contributed by atoms with Crippen molar-refractivity contribution in [1.82, 2.24) is 0 Å².